The molecule has 2 amide bonds. The SMILES string of the molecule is C[C@H]1C(=O)N2C(=CN1C(=O)OCc1ccccc1)COC[C@@H]2CCCO. The lowest BCUT2D eigenvalue weighted by Crippen LogP contribution is -2.58. The Hall–Kier alpha value is -2.38. The second kappa shape index (κ2) is 8.33. The number of aliphatic hydroxyl groups excluding tert-OH is 1. The van der Waals surface area contributed by atoms with Crippen molar-refractivity contribution in [3.8, 4) is 0 Å². The van der Waals surface area contributed by atoms with Gasteiger partial charge in [-0.05, 0) is 25.3 Å². The van der Waals surface area contributed by atoms with Crippen LogP contribution in [0.3, 0.4) is 0 Å². The molecule has 3 rings (SSSR count). The molecule has 2 aliphatic rings. The first kappa shape index (κ1) is 18.4. The standard InChI is InChI=1S/C19H24N2O5/c1-14-18(23)21-16(8-5-9-22)12-25-13-17(21)10-20(14)19(24)26-11-15-6-3-2-4-7-15/h2-4,6-7,10,14,16,22H,5,8-9,11-13H2,1H3/t14-,16-/m0/s1. The molecule has 1 aromatic rings. The van der Waals surface area contributed by atoms with E-state index >= 15 is 0 Å². The van der Waals surface area contributed by atoms with E-state index in [0.29, 0.717) is 25.1 Å². The average Bonchev–Trinajstić information content (AvgIpc) is 2.67. The number of carbonyl (C=O) groups excluding carboxylic acids is 2. The number of carbonyl (C=O) groups is 2. The molecule has 1 fully saturated rings. The normalized spacial score (nSPS) is 22.7. The number of hydrogen-bond donors (Lipinski definition) is 1. The van der Waals surface area contributed by atoms with E-state index in [2.05, 4.69) is 0 Å². The zero-order valence-corrected chi connectivity index (χ0v) is 14.8. The zero-order valence-electron chi connectivity index (χ0n) is 14.8. The third kappa shape index (κ3) is 3.89. The van der Waals surface area contributed by atoms with Gasteiger partial charge in [0.05, 0.1) is 25.0 Å². The van der Waals surface area contributed by atoms with Crippen LogP contribution in [0, 0.1) is 0 Å². The summed E-state index contributed by atoms with van der Waals surface area (Å²) in [5.74, 6) is -0.148. The van der Waals surface area contributed by atoms with Crippen molar-refractivity contribution in [1.82, 2.24) is 9.80 Å². The number of rotatable bonds is 5. The predicted octanol–water partition coefficient (Wildman–Crippen LogP) is 1.87. The van der Waals surface area contributed by atoms with Crippen LogP contribution in [0.1, 0.15) is 25.3 Å². The number of nitrogens with zero attached hydrogens (tertiary/aromatic N) is 2. The lowest BCUT2D eigenvalue weighted by atomic mass is 10.0. The van der Waals surface area contributed by atoms with Gasteiger partial charge in [-0.15, -0.1) is 0 Å². The Morgan fingerprint density at radius 1 is 1.35 bits per heavy atom. The van der Waals surface area contributed by atoms with Crippen molar-refractivity contribution in [3.63, 3.8) is 0 Å². The molecule has 26 heavy (non-hydrogen) atoms. The van der Waals surface area contributed by atoms with Crippen LogP contribution in [0.2, 0.25) is 0 Å². The number of aliphatic hydroxyl groups is 1. The van der Waals surface area contributed by atoms with Crippen molar-refractivity contribution in [1.29, 1.82) is 0 Å². The van der Waals surface area contributed by atoms with Gasteiger partial charge in [0.2, 0.25) is 5.91 Å². The quantitative estimate of drug-likeness (QED) is 0.867. The number of fused-ring (bicyclic) bond motifs is 1. The van der Waals surface area contributed by atoms with Crippen molar-refractivity contribution >= 4 is 12.0 Å². The van der Waals surface area contributed by atoms with Crippen molar-refractivity contribution < 1.29 is 24.2 Å². The van der Waals surface area contributed by atoms with Gasteiger partial charge in [0.15, 0.2) is 0 Å². The topological polar surface area (TPSA) is 79.3 Å². The van der Waals surface area contributed by atoms with Gasteiger partial charge in [-0.2, -0.15) is 0 Å². The Labute approximate surface area is 152 Å². The molecule has 2 heterocycles. The first-order chi connectivity index (χ1) is 12.6. The maximum atomic E-state index is 12.8. The molecule has 0 aliphatic carbocycles. The van der Waals surface area contributed by atoms with Crippen LogP contribution in [0.25, 0.3) is 0 Å². The molecule has 0 unspecified atom stereocenters. The third-order valence-electron chi connectivity index (χ3n) is 4.65. The van der Waals surface area contributed by atoms with Crippen LogP contribution in [-0.4, -0.2) is 58.8 Å². The van der Waals surface area contributed by atoms with Gasteiger partial charge in [-0.1, -0.05) is 30.3 Å². The van der Waals surface area contributed by atoms with E-state index in [1.165, 1.54) is 4.90 Å². The Kier molecular flexibility index (Phi) is 5.90. The monoisotopic (exact) mass is 360 g/mol. The molecule has 7 nitrogen and oxygen atoms in total. The summed E-state index contributed by atoms with van der Waals surface area (Å²) in [4.78, 5) is 28.4. The van der Waals surface area contributed by atoms with Crippen LogP contribution in [0.4, 0.5) is 4.79 Å². The molecule has 0 spiro atoms. The summed E-state index contributed by atoms with van der Waals surface area (Å²) in [6, 6.07) is 8.64. The van der Waals surface area contributed by atoms with E-state index in [1.54, 1.807) is 18.0 Å². The highest BCUT2D eigenvalue weighted by Crippen LogP contribution is 2.27. The molecule has 2 atom stereocenters. The summed E-state index contributed by atoms with van der Waals surface area (Å²) in [6.45, 7) is 2.63. The molecule has 1 saturated heterocycles. The minimum absolute atomic E-state index is 0.0745. The Morgan fingerprint density at radius 3 is 2.85 bits per heavy atom. The number of ether oxygens (including phenoxy) is 2. The van der Waals surface area contributed by atoms with E-state index in [9.17, 15) is 9.59 Å². The number of benzene rings is 1. The lowest BCUT2D eigenvalue weighted by molar-refractivity contribution is -0.142. The van der Waals surface area contributed by atoms with Crippen LogP contribution < -0.4 is 0 Å². The number of morpholine rings is 1. The van der Waals surface area contributed by atoms with Gasteiger partial charge in [0.1, 0.15) is 12.6 Å². The number of amides is 2. The Balaban J connectivity index is 1.71. The first-order valence-corrected chi connectivity index (χ1v) is 8.83. The molecule has 0 radical (unpaired) electrons. The molecule has 1 aromatic carbocycles. The average molecular weight is 360 g/mol. The molecule has 0 bridgehead atoms. The van der Waals surface area contributed by atoms with Gasteiger partial charge in [-0.25, -0.2) is 4.79 Å². The molecule has 140 valence electrons. The summed E-state index contributed by atoms with van der Waals surface area (Å²) in [5.41, 5.74) is 1.54. The van der Waals surface area contributed by atoms with Gasteiger partial charge >= 0.3 is 6.09 Å². The second-order valence-corrected chi connectivity index (χ2v) is 6.49. The minimum Gasteiger partial charge on any atom is -0.444 e. The summed E-state index contributed by atoms with van der Waals surface area (Å²) in [7, 11) is 0. The Morgan fingerprint density at radius 2 is 2.12 bits per heavy atom. The van der Waals surface area contributed by atoms with E-state index < -0.39 is 12.1 Å². The second-order valence-electron chi connectivity index (χ2n) is 6.49. The van der Waals surface area contributed by atoms with Crippen molar-refractivity contribution in [2.75, 3.05) is 19.8 Å². The van der Waals surface area contributed by atoms with Gasteiger partial charge < -0.3 is 19.5 Å². The lowest BCUT2D eigenvalue weighted by Gasteiger charge is -2.44. The first-order valence-electron chi connectivity index (χ1n) is 8.83. The molecule has 0 saturated carbocycles. The molecular formula is C19H24N2O5. The largest absolute Gasteiger partial charge is 0.444 e. The van der Waals surface area contributed by atoms with Crippen molar-refractivity contribution in [3.05, 3.63) is 47.8 Å². The maximum absolute atomic E-state index is 12.8. The fourth-order valence-electron chi connectivity index (χ4n) is 3.24. The molecule has 1 N–H and O–H groups in total. The highest BCUT2D eigenvalue weighted by molar-refractivity contribution is 5.89. The van der Waals surface area contributed by atoms with Crippen molar-refractivity contribution in [2.24, 2.45) is 0 Å². The van der Waals surface area contributed by atoms with E-state index in [1.807, 2.05) is 30.3 Å². The minimum atomic E-state index is -0.642. The van der Waals surface area contributed by atoms with Crippen molar-refractivity contribution in [2.45, 2.75) is 38.5 Å². The zero-order chi connectivity index (χ0) is 18.5. The maximum Gasteiger partial charge on any atom is 0.414 e. The summed E-state index contributed by atoms with van der Waals surface area (Å²) < 4.78 is 10.9. The van der Waals surface area contributed by atoms with Gasteiger partial charge in [0, 0.05) is 12.8 Å². The predicted molar refractivity (Wildman–Crippen MR) is 93.8 cm³/mol. The fraction of sp³-hybridized carbons (Fsp3) is 0.474. The van der Waals surface area contributed by atoms with E-state index in [-0.39, 0.29) is 31.8 Å². The van der Waals surface area contributed by atoms with Gasteiger partial charge in [0.25, 0.3) is 0 Å². The summed E-state index contributed by atoms with van der Waals surface area (Å²) >= 11 is 0. The smallest absolute Gasteiger partial charge is 0.414 e. The summed E-state index contributed by atoms with van der Waals surface area (Å²) in [5, 5.41) is 9.05. The van der Waals surface area contributed by atoms with Crippen LogP contribution in [0.15, 0.2) is 42.2 Å². The summed E-state index contributed by atoms with van der Waals surface area (Å²) in [6.07, 6.45) is 2.34. The fourth-order valence-corrected chi connectivity index (χ4v) is 3.24. The highest BCUT2D eigenvalue weighted by Gasteiger charge is 2.41. The van der Waals surface area contributed by atoms with Crippen LogP contribution in [-0.2, 0) is 20.9 Å². The molecule has 7 heteroatoms. The molecule has 2 aliphatic heterocycles. The van der Waals surface area contributed by atoms with E-state index in [4.69, 9.17) is 14.6 Å². The highest BCUT2D eigenvalue weighted by atomic mass is 16.6. The number of hydrogen-bond acceptors (Lipinski definition) is 5. The van der Waals surface area contributed by atoms with Gasteiger partial charge in [-0.3, -0.25) is 9.69 Å². The Bertz CT molecular complexity index is 676. The molecule has 0 aromatic heterocycles. The van der Waals surface area contributed by atoms with Crippen LogP contribution in [0.5, 0.6) is 0 Å². The van der Waals surface area contributed by atoms with Crippen LogP contribution >= 0.6 is 0 Å². The molecular weight excluding hydrogens is 336 g/mol. The third-order valence-corrected chi connectivity index (χ3v) is 4.65. The van der Waals surface area contributed by atoms with E-state index in [0.717, 1.165) is 5.56 Å².